The standard InChI is InChI=1S/C11H10Br2N2O2S/c1-17-3-2-15-10(8(12)5-14-15)11(16)7-4-9(13)18-6-7/h4-6H,2-3H2,1H3. The number of halogens is 2. The second kappa shape index (κ2) is 6.10. The van der Waals surface area contributed by atoms with Crippen molar-refractivity contribution in [3.63, 3.8) is 0 Å². The number of ketones is 1. The largest absolute Gasteiger partial charge is 0.383 e. The van der Waals surface area contributed by atoms with Crippen molar-refractivity contribution in [3.8, 4) is 0 Å². The van der Waals surface area contributed by atoms with Crippen molar-refractivity contribution in [1.82, 2.24) is 9.78 Å². The van der Waals surface area contributed by atoms with Gasteiger partial charge in [-0.2, -0.15) is 5.10 Å². The Hall–Kier alpha value is -0.500. The molecular formula is C11H10Br2N2O2S. The van der Waals surface area contributed by atoms with Gasteiger partial charge in [-0.15, -0.1) is 11.3 Å². The fourth-order valence-electron chi connectivity index (χ4n) is 1.50. The molecule has 2 rings (SSSR count). The molecule has 2 aromatic heterocycles. The van der Waals surface area contributed by atoms with Crippen LogP contribution in [0.15, 0.2) is 25.9 Å². The Bertz CT molecular complexity index is 565. The van der Waals surface area contributed by atoms with Crippen LogP contribution < -0.4 is 0 Å². The van der Waals surface area contributed by atoms with Gasteiger partial charge in [-0.05, 0) is 37.9 Å². The molecule has 0 aliphatic rings. The van der Waals surface area contributed by atoms with Gasteiger partial charge in [0.15, 0.2) is 0 Å². The van der Waals surface area contributed by atoms with E-state index in [-0.39, 0.29) is 5.78 Å². The Kier molecular flexibility index (Phi) is 4.71. The minimum Gasteiger partial charge on any atom is -0.383 e. The molecule has 7 heteroatoms. The van der Waals surface area contributed by atoms with Crippen LogP contribution >= 0.6 is 43.2 Å². The first-order chi connectivity index (χ1) is 8.63. The van der Waals surface area contributed by atoms with Crippen LogP contribution in [-0.4, -0.2) is 29.3 Å². The van der Waals surface area contributed by atoms with E-state index in [2.05, 4.69) is 37.0 Å². The van der Waals surface area contributed by atoms with Gasteiger partial charge in [0.1, 0.15) is 5.69 Å². The molecule has 0 fully saturated rings. The van der Waals surface area contributed by atoms with E-state index in [0.29, 0.717) is 28.9 Å². The van der Waals surface area contributed by atoms with Crippen LogP contribution in [-0.2, 0) is 11.3 Å². The minimum atomic E-state index is -0.0440. The van der Waals surface area contributed by atoms with E-state index in [0.717, 1.165) is 3.79 Å². The zero-order valence-corrected chi connectivity index (χ0v) is 13.5. The lowest BCUT2D eigenvalue weighted by molar-refractivity contribution is 0.102. The average molecular weight is 394 g/mol. The highest BCUT2D eigenvalue weighted by Gasteiger charge is 2.19. The topological polar surface area (TPSA) is 44.1 Å². The van der Waals surface area contributed by atoms with Gasteiger partial charge in [-0.25, -0.2) is 0 Å². The van der Waals surface area contributed by atoms with E-state index in [4.69, 9.17) is 4.74 Å². The van der Waals surface area contributed by atoms with Gasteiger partial charge in [0.05, 0.1) is 27.6 Å². The molecule has 0 atom stereocenters. The number of hydrogen-bond donors (Lipinski definition) is 0. The summed E-state index contributed by atoms with van der Waals surface area (Å²) < 4.78 is 8.30. The third-order valence-corrected chi connectivity index (χ3v) is 4.43. The summed E-state index contributed by atoms with van der Waals surface area (Å²) in [5, 5.41) is 5.99. The highest BCUT2D eigenvalue weighted by Crippen LogP contribution is 2.25. The lowest BCUT2D eigenvalue weighted by Gasteiger charge is -2.05. The number of hydrogen-bond acceptors (Lipinski definition) is 4. The van der Waals surface area contributed by atoms with Crippen LogP contribution in [0, 0.1) is 0 Å². The summed E-state index contributed by atoms with van der Waals surface area (Å²) in [5.41, 5.74) is 1.21. The second-order valence-corrected chi connectivity index (χ2v) is 6.67. The smallest absolute Gasteiger partial charge is 0.213 e. The van der Waals surface area contributed by atoms with Crippen molar-refractivity contribution in [3.05, 3.63) is 37.2 Å². The first-order valence-electron chi connectivity index (χ1n) is 5.12. The van der Waals surface area contributed by atoms with E-state index in [1.807, 2.05) is 11.4 Å². The monoisotopic (exact) mass is 392 g/mol. The molecule has 2 heterocycles. The Balaban J connectivity index is 2.32. The second-order valence-electron chi connectivity index (χ2n) is 3.53. The summed E-state index contributed by atoms with van der Waals surface area (Å²) in [6, 6.07) is 1.81. The SMILES string of the molecule is COCCn1ncc(Br)c1C(=O)c1csc(Br)c1. The lowest BCUT2D eigenvalue weighted by Crippen LogP contribution is -2.14. The average Bonchev–Trinajstić information content (AvgIpc) is 2.92. The number of methoxy groups -OCH3 is 1. The van der Waals surface area contributed by atoms with Crippen LogP contribution in [0.5, 0.6) is 0 Å². The maximum absolute atomic E-state index is 12.4. The molecule has 0 amide bonds. The van der Waals surface area contributed by atoms with Crippen LogP contribution in [0.2, 0.25) is 0 Å². The predicted molar refractivity (Wildman–Crippen MR) is 77.3 cm³/mol. The fourth-order valence-corrected chi connectivity index (χ4v) is 3.11. The molecule has 2 aromatic rings. The molecule has 0 radical (unpaired) electrons. The Morgan fingerprint density at radius 2 is 2.33 bits per heavy atom. The van der Waals surface area contributed by atoms with Gasteiger partial charge in [0.2, 0.25) is 5.78 Å². The number of aromatic nitrogens is 2. The van der Waals surface area contributed by atoms with Crippen molar-refractivity contribution in [2.24, 2.45) is 0 Å². The molecule has 0 N–H and O–H groups in total. The number of thiophene rings is 1. The first kappa shape index (κ1) is 13.9. The number of rotatable bonds is 5. The maximum Gasteiger partial charge on any atom is 0.213 e. The van der Waals surface area contributed by atoms with Gasteiger partial charge >= 0.3 is 0 Å². The molecule has 4 nitrogen and oxygen atoms in total. The third kappa shape index (κ3) is 2.90. The highest BCUT2D eigenvalue weighted by molar-refractivity contribution is 9.11. The summed E-state index contributed by atoms with van der Waals surface area (Å²) in [7, 11) is 1.62. The zero-order chi connectivity index (χ0) is 13.1. The molecule has 0 aliphatic heterocycles. The maximum atomic E-state index is 12.4. The van der Waals surface area contributed by atoms with E-state index in [1.54, 1.807) is 18.0 Å². The molecule has 18 heavy (non-hydrogen) atoms. The Labute approximate surface area is 125 Å². The molecule has 0 aromatic carbocycles. The van der Waals surface area contributed by atoms with Gasteiger partial charge in [-0.1, -0.05) is 0 Å². The van der Waals surface area contributed by atoms with Crippen molar-refractivity contribution in [1.29, 1.82) is 0 Å². The van der Waals surface area contributed by atoms with Crippen molar-refractivity contribution >= 4 is 49.0 Å². The van der Waals surface area contributed by atoms with Crippen LogP contribution in [0.1, 0.15) is 16.1 Å². The molecule has 0 bridgehead atoms. The van der Waals surface area contributed by atoms with Crippen LogP contribution in [0.4, 0.5) is 0 Å². The van der Waals surface area contributed by atoms with Gasteiger partial charge in [0.25, 0.3) is 0 Å². The summed E-state index contributed by atoms with van der Waals surface area (Å²) in [6.07, 6.45) is 1.63. The number of carbonyl (C=O) groups is 1. The van der Waals surface area contributed by atoms with Gasteiger partial charge in [0, 0.05) is 18.1 Å². The lowest BCUT2D eigenvalue weighted by atomic mass is 10.1. The Morgan fingerprint density at radius 3 is 2.94 bits per heavy atom. The van der Waals surface area contributed by atoms with Crippen molar-refractivity contribution in [2.75, 3.05) is 13.7 Å². The van der Waals surface area contributed by atoms with Gasteiger partial charge in [-0.3, -0.25) is 9.48 Å². The van der Waals surface area contributed by atoms with E-state index >= 15 is 0 Å². The highest BCUT2D eigenvalue weighted by atomic mass is 79.9. The van der Waals surface area contributed by atoms with Crippen LogP contribution in [0.3, 0.4) is 0 Å². The number of carbonyl (C=O) groups excluding carboxylic acids is 1. The number of nitrogens with zero attached hydrogens (tertiary/aromatic N) is 2. The van der Waals surface area contributed by atoms with Crippen molar-refractivity contribution < 1.29 is 9.53 Å². The quantitative estimate of drug-likeness (QED) is 0.731. The molecule has 0 saturated carbocycles. The first-order valence-corrected chi connectivity index (χ1v) is 7.59. The van der Waals surface area contributed by atoms with Gasteiger partial charge < -0.3 is 4.74 Å². The summed E-state index contributed by atoms with van der Waals surface area (Å²) >= 11 is 8.20. The number of ether oxygens (including phenoxy) is 1. The minimum absolute atomic E-state index is 0.0440. The molecule has 0 aliphatic carbocycles. The normalized spacial score (nSPS) is 10.8. The summed E-state index contributed by atoms with van der Waals surface area (Å²) in [6.45, 7) is 1.07. The summed E-state index contributed by atoms with van der Waals surface area (Å²) in [5.74, 6) is -0.0440. The van der Waals surface area contributed by atoms with Crippen molar-refractivity contribution in [2.45, 2.75) is 6.54 Å². The molecule has 0 spiro atoms. The summed E-state index contributed by atoms with van der Waals surface area (Å²) in [4.78, 5) is 12.4. The predicted octanol–water partition coefficient (Wildman–Crippen LogP) is 3.35. The van der Waals surface area contributed by atoms with E-state index < -0.39 is 0 Å². The van der Waals surface area contributed by atoms with E-state index in [1.165, 1.54) is 11.3 Å². The fraction of sp³-hybridized carbons (Fsp3) is 0.273. The third-order valence-electron chi connectivity index (χ3n) is 2.35. The molecule has 0 unspecified atom stereocenters. The molecule has 0 saturated heterocycles. The van der Waals surface area contributed by atoms with Crippen LogP contribution in [0.25, 0.3) is 0 Å². The van der Waals surface area contributed by atoms with E-state index in [9.17, 15) is 4.79 Å². The Morgan fingerprint density at radius 1 is 1.56 bits per heavy atom. The zero-order valence-electron chi connectivity index (χ0n) is 9.52. The molecule has 96 valence electrons. The molecular weight excluding hydrogens is 384 g/mol.